The summed E-state index contributed by atoms with van der Waals surface area (Å²) in [4.78, 5) is 24.2. The van der Waals surface area contributed by atoms with Crippen LogP contribution < -0.4 is 5.32 Å². The Morgan fingerprint density at radius 2 is 1.65 bits per heavy atom. The van der Waals surface area contributed by atoms with Crippen LogP contribution in [0.15, 0.2) is 42.5 Å². The van der Waals surface area contributed by atoms with Crippen molar-refractivity contribution < 1.29 is 36.6 Å². The first-order valence-corrected chi connectivity index (χ1v) is 11.0. The lowest BCUT2D eigenvalue weighted by Gasteiger charge is -2.40. The third-order valence-electron chi connectivity index (χ3n) is 5.79. The number of carbonyl (C=O) groups is 2. The van der Waals surface area contributed by atoms with Gasteiger partial charge in [0.2, 0.25) is 11.8 Å². The van der Waals surface area contributed by atoms with Crippen LogP contribution in [0.2, 0.25) is 10.0 Å². The van der Waals surface area contributed by atoms with Gasteiger partial charge in [0.15, 0.2) is 0 Å². The van der Waals surface area contributed by atoms with Gasteiger partial charge in [-0.25, -0.2) is 8.78 Å². The number of anilines is 1. The molecule has 34 heavy (non-hydrogen) atoms. The molecule has 0 aliphatic heterocycles. The SMILES string of the molecule is O=C(O)CC(c1ccc(Cl)c(NC(=O)[C@@H](CC(F)(F)F)c2ccc(Cl)cc2)c1)C1CC(F)(F)C1. The summed E-state index contributed by atoms with van der Waals surface area (Å²) in [6.07, 6.45) is -7.44. The smallest absolute Gasteiger partial charge is 0.390 e. The van der Waals surface area contributed by atoms with Crippen LogP contribution in [0.1, 0.15) is 48.6 Å². The van der Waals surface area contributed by atoms with Gasteiger partial charge < -0.3 is 10.4 Å². The van der Waals surface area contributed by atoms with Crippen LogP contribution in [-0.4, -0.2) is 29.1 Å². The highest BCUT2D eigenvalue weighted by molar-refractivity contribution is 6.33. The average Bonchev–Trinajstić information content (AvgIpc) is 2.70. The van der Waals surface area contributed by atoms with Crippen molar-refractivity contribution in [1.29, 1.82) is 0 Å². The molecule has 0 heterocycles. The van der Waals surface area contributed by atoms with Gasteiger partial charge in [-0.3, -0.25) is 9.59 Å². The molecule has 1 aliphatic rings. The number of carbonyl (C=O) groups excluding carboxylic acids is 1. The standard InChI is InChI=1S/C23H20Cl2F5NO3/c24-15-4-1-12(2-5-15)17(11-23(28,29)30)21(34)31-19-7-13(3-6-18(19)25)16(8-20(32)33)14-9-22(26,27)10-14/h1-7,14,16-17H,8-11H2,(H,31,34)(H,32,33)/t16?,17-/m0/s1. The minimum atomic E-state index is -4.64. The van der Waals surface area contributed by atoms with Crippen LogP contribution in [0.3, 0.4) is 0 Å². The predicted molar refractivity (Wildman–Crippen MR) is 118 cm³/mol. The van der Waals surface area contributed by atoms with Gasteiger partial charge in [-0.05, 0) is 47.2 Å². The van der Waals surface area contributed by atoms with E-state index < -0.39 is 67.4 Å². The Hall–Kier alpha value is -2.39. The van der Waals surface area contributed by atoms with E-state index in [0.29, 0.717) is 5.56 Å². The van der Waals surface area contributed by atoms with Crippen molar-refractivity contribution in [3.05, 3.63) is 63.6 Å². The summed E-state index contributed by atoms with van der Waals surface area (Å²) in [6, 6.07) is 9.51. The molecule has 1 amide bonds. The van der Waals surface area contributed by atoms with Gasteiger partial charge in [0.05, 0.1) is 29.5 Å². The molecular weight excluding hydrogens is 504 g/mol. The molecule has 2 aromatic rings. The topological polar surface area (TPSA) is 66.4 Å². The molecule has 1 fully saturated rings. The number of hydrogen-bond donors (Lipinski definition) is 2. The van der Waals surface area contributed by atoms with Gasteiger partial charge in [-0.1, -0.05) is 41.4 Å². The number of hydrogen-bond acceptors (Lipinski definition) is 2. The Labute approximate surface area is 202 Å². The maximum absolute atomic E-state index is 13.4. The summed E-state index contributed by atoms with van der Waals surface area (Å²) in [5, 5.41) is 11.9. The van der Waals surface area contributed by atoms with E-state index >= 15 is 0 Å². The highest BCUT2D eigenvalue weighted by atomic mass is 35.5. The van der Waals surface area contributed by atoms with E-state index in [2.05, 4.69) is 5.32 Å². The van der Waals surface area contributed by atoms with Crippen molar-refractivity contribution in [2.45, 2.75) is 49.6 Å². The molecule has 2 aromatic carbocycles. The van der Waals surface area contributed by atoms with E-state index in [0.717, 1.165) is 0 Å². The predicted octanol–water partition coefficient (Wildman–Crippen LogP) is 7.27. The zero-order chi connectivity index (χ0) is 25.3. The Kier molecular flexibility index (Phi) is 7.77. The molecule has 184 valence electrons. The molecule has 0 radical (unpaired) electrons. The van der Waals surface area contributed by atoms with Crippen molar-refractivity contribution in [3.8, 4) is 0 Å². The normalized spacial score (nSPS) is 17.5. The largest absolute Gasteiger partial charge is 0.481 e. The zero-order valence-corrected chi connectivity index (χ0v) is 19.0. The lowest BCUT2D eigenvalue weighted by molar-refractivity contribution is -0.146. The number of rotatable bonds is 8. The van der Waals surface area contributed by atoms with Crippen molar-refractivity contribution in [1.82, 2.24) is 0 Å². The summed E-state index contributed by atoms with van der Waals surface area (Å²) < 4.78 is 66.4. The number of carboxylic acids is 1. The van der Waals surface area contributed by atoms with Gasteiger partial charge in [-0.2, -0.15) is 13.2 Å². The van der Waals surface area contributed by atoms with E-state index in [-0.39, 0.29) is 21.3 Å². The average molecular weight is 524 g/mol. The Morgan fingerprint density at radius 3 is 2.18 bits per heavy atom. The number of nitrogens with one attached hydrogen (secondary N) is 1. The van der Waals surface area contributed by atoms with E-state index in [1.807, 2.05) is 0 Å². The second-order valence-corrected chi connectivity index (χ2v) is 9.22. The Balaban J connectivity index is 1.88. The molecule has 0 aromatic heterocycles. The molecule has 0 spiro atoms. The fourth-order valence-corrected chi connectivity index (χ4v) is 4.41. The molecular formula is C23H20Cl2F5NO3. The molecule has 0 bridgehead atoms. The number of carboxylic acid groups (broad SMARTS) is 1. The molecule has 2 atom stereocenters. The van der Waals surface area contributed by atoms with Crippen LogP contribution in [-0.2, 0) is 9.59 Å². The highest BCUT2D eigenvalue weighted by Gasteiger charge is 2.49. The van der Waals surface area contributed by atoms with E-state index in [1.165, 1.54) is 42.5 Å². The lowest BCUT2D eigenvalue weighted by Crippen LogP contribution is -2.39. The monoisotopic (exact) mass is 523 g/mol. The summed E-state index contributed by atoms with van der Waals surface area (Å²) in [5.74, 6) is -8.00. The van der Waals surface area contributed by atoms with Gasteiger partial charge in [-0.15, -0.1) is 0 Å². The van der Waals surface area contributed by atoms with E-state index in [4.69, 9.17) is 23.2 Å². The number of amides is 1. The van der Waals surface area contributed by atoms with Crippen molar-refractivity contribution >= 4 is 40.8 Å². The van der Waals surface area contributed by atoms with Gasteiger partial charge in [0.25, 0.3) is 0 Å². The third kappa shape index (κ3) is 6.82. The van der Waals surface area contributed by atoms with Crippen molar-refractivity contribution in [2.75, 3.05) is 5.32 Å². The first-order valence-electron chi connectivity index (χ1n) is 10.3. The molecule has 1 saturated carbocycles. The van der Waals surface area contributed by atoms with Gasteiger partial charge >= 0.3 is 12.1 Å². The van der Waals surface area contributed by atoms with E-state index in [1.54, 1.807) is 0 Å². The van der Waals surface area contributed by atoms with Crippen molar-refractivity contribution in [2.24, 2.45) is 5.92 Å². The van der Waals surface area contributed by atoms with Gasteiger partial charge in [0, 0.05) is 17.9 Å². The lowest BCUT2D eigenvalue weighted by atomic mass is 9.69. The number of halogens is 7. The van der Waals surface area contributed by atoms with E-state index in [9.17, 15) is 36.6 Å². The maximum atomic E-state index is 13.4. The molecule has 11 heteroatoms. The molecule has 0 saturated heterocycles. The minimum Gasteiger partial charge on any atom is -0.481 e. The quantitative estimate of drug-likeness (QED) is 0.357. The number of alkyl halides is 5. The number of benzene rings is 2. The van der Waals surface area contributed by atoms with Crippen molar-refractivity contribution in [3.63, 3.8) is 0 Å². The first kappa shape index (κ1) is 26.2. The number of aliphatic carboxylic acids is 1. The van der Waals surface area contributed by atoms with Crippen LogP contribution in [0.25, 0.3) is 0 Å². The molecule has 4 nitrogen and oxygen atoms in total. The van der Waals surface area contributed by atoms with Gasteiger partial charge in [0.1, 0.15) is 0 Å². The Morgan fingerprint density at radius 1 is 1.06 bits per heavy atom. The summed E-state index contributed by atoms with van der Waals surface area (Å²) in [7, 11) is 0. The molecule has 3 rings (SSSR count). The molecule has 1 unspecified atom stereocenters. The zero-order valence-electron chi connectivity index (χ0n) is 17.5. The highest BCUT2D eigenvalue weighted by Crippen LogP contribution is 2.50. The van der Waals surface area contributed by atoms with Crippen LogP contribution >= 0.6 is 23.2 Å². The van der Waals surface area contributed by atoms with Crippen LogP contribution in [0.5, 0.6) is 0 Å². The summed E-state index contributed by atoms with van der Waals surface area (Å²) in [5.41, 5.74) is 0.403. The summed E-state index contributed by atoms with van der Waals surface area (Å²) >= 11 is 11.9. The maximum Gasteiger partial charge on any atom is 0.390 e. The molecule has 1 aliphatic carbocycles. The first-order chi connectivity index (χ1) is 15.7. The third-order valence-corrected chi connectivity index (χ3v) is 6.37. The second-order valence-electron chi connectivity index (χ2n) is 8.38. The fraction of sp³-hybridized carbons (Fsp3) is 0.391. The van der Waals surface area contributed by atoms with Crippen LogP contribution in [0, 0.1) is 5.92 Å². The summed E-state index contributed by atoms with van der Waals surface area (Å²) in [6.45, 7) is 0. The molecule has 2 N–H and O–H groups in total. The Bertz CT molecular complexity index is 1050. The van der Waals surface area contributed by atoms with Crippen LogP contribution in [0.4, 0.5) is 27.6 Å². The fourth-order valence-electron chi connectivity index (χ4n) is 4.11. The second kappa shape index (κ2) is 10.1. The minimum absolute atomic E-state index is 0.00646.